The molecule has 16 heavy (non-hydrogen) atoms. The maximum Gasteiger partial charge on any atom is 0.157 e. The van der Waals surface area contributed by atoms with Gasteiger partial charge in [-0.05, 0) is 13.8 Å². The Morgan fingerprint density at radius 3 is 2.62 bits per heavy atom. The molecule has 0 spiro atoms. The van der Waals surface area contributed by atoms with Crippen LogP contribution in [0.4, 0.5) is 11.5 Å². The molecule has 0 aromatic carbocycles. The summed E-state index contributed by atoms with van der Waals surface area (Å²) in [5.74, 6) is 0.696. The van der Waals surface area contributed by atoms with Gasteiger partial charge in [-0.15, -0.1) is 0 Å². The van der Waals surface area contributed by atoms with Crippen LogP contribution >= 0.6 is 11.6 Å². The lowest BCUT2D eigenvalue weighted by atomic mass is 10.2. The van der Waals surface area contributed by atoms with E-state index in [4.69, 9.17) is 22.1 Å². The van der Waals surface area contributed by atoms with Crippen LogP contribution in [-0.4, -0.2) is 35.3 Å². The number of rotatable bonds is 1. The minimum absolute atomic E-state index is 0.164. The number of aromatic nitrogens is 2. The summed E-state index contributed by atoms with van der Waals surface area (Å²) < 4.78 is 5.65. The third-order valence-corrected chi connectivity index (χ3v) is 2.83. The van der Waals surface area contributed by atoms with E-state index in [2.05, 4.69) is 14.9 Å². The maximum absolute atomic E-state index is 5.87. The SMILES string of the molecule is CC1CN(c2ncnc(Cl)c2N)CC(C)O1. The van der Waals surface area contributed by atoms with Crippen LogP contribution in [0.15, 0.2) is 6.33 Å². The van der Waals surface area contributed by atoms with E-state index in [9.17, 15) is 0 Å². The van der Waals surface area contributed by atoms with Crippen molar-refractivity contribution in [3.8, 4) is 0 Å². The van der Waals surface area contributed by atoms with Crippen molar-refractivity contribution in [3.05, 3.63) is 11.5 Å². The molecule has 2 unspecified atom stereocenters. The Morgan fingerprint density at radius 1 is 1.38 bits per heavy atom. The van der Waals surface area contributed by atoms with Crippen molar-refractivity contribution in [3.63, 3.8) is 0 Å². The first-order valence-electron chi connectivity index (χ1n) is 5.24. The predicted molar refractivity (Wildman–Crippen MR) is 63.7 cm³/mol. The zero-order valence-electron chi connectivity index (χ0n) is 9.35. The highest BCUT2D eigenvalue weighted by Gasteiger charge is 2.25. The molecule has 1 aromatic rings. The summed E-state index contributed by atoms with van der Waals surface area (Å²) in [6, 6.07) is 0. The van der Waals surface area contributed by atoms with E-state index >= 15 is 0 Å². The Bertz CT molecular complexity index is 377. The monoisotopic (exact) mass is 242 g/mol. The highest BCUT2D eigenvalue weighted by molar-refractivity contribution is 6.32. The Kier molecular flexibility index (Phi) is 3.16. The fourth-order valence-electron chi connectivity index (χ4n) is 1.97. The minimum Gasteiger partial charge on any atom is -0.393 e. The van der Waals surface area contributed by atoms with Crippen molar-refractivity contribution >= 4 is 23.1 Å². The number of hydrogen-bond acceptors (Lipinski definition) is 5. The molecule has 0 bridgehead atoms. The third-order valence-electron chi connectivity index (χ3n) is 2.53. The minimum atomic E-state index is 0.164. The Labute approximate surface area is 99.6 Å². The molecule has 2 heterocycles. The summed E-state index contributed by atoms with van der Waals surface area (Å²) in [5, 5.41) is 0.303. The van der Waals surface area contributed by atoms with Gasteiger partial charge in [0.15, 0.2) is 11.0 Å². The first-order chi connectivity index (χ1) is 7.58. The molecular formula is C10H15ClN4O. The molecule has 1 aliphatic rings. The fourth-order valence-corrected chi connectivity index (χ4v) is 2.10. The molecule has 88 valence electrons. The summed E-state index contributed by atoms with van der Waals surface area (Å²) >= 11 is 5.87. The van der Waals surface area contributed by atoms with Crippen molar-refractivity contribution in [2.75, 3.05) is 23.7 Å². The average Bonchev–Trinajstić information content (AvgIpc) is 2.20. The summed E-state index contributed by atoms with van der Waals surface area (Å²) in [4.78, 5) is 10.1. The second kappa shape index (κ2) is 4.43. The number of hydrogen-bond donors (Lipinski definition) is 1. The highest BCUT2D eigenvalue weighted by atomic mass is 35.5. The molecule has 0 radical (unpaired) electrons. The summed E-state index contributed by atoms with van der Waals surface area (Å²) in [5.41, 5.74) is 6.30. The third kappa shape index (κ3) is 2.20. The quantitative estimate of drug-likeness (QED) is 0.753. The molecule has 1 saturated heterocycles. The van der Waals surface area contributed by atoms with Gasteiger partial charge in [0.2, 0.25) is 0 Å². The lowest BCUT2D eigenvalue weighted by molar-refractivity contribution is -0.00541. The van der Waals surface area contributed by atoms with E-state index in [0.29, 0.717) is 16.7 Å². The summed E-state index contributed by atoms with van der Waals surface area (Å²) in [6.45, 7) is 5.59. The van der Waals surface area contributed by atoms with Gasteiger partial charge in [0.1, 0.15) is 12.0 Å². The van der Waals surface area contributed by atoms with Crippen LogP contribution in [0.2, 0.25) is 5.15 Å². The number of nitrogen functional groups attached to an aromatic ring is 1. The first-order valence-corrected chi connectivity index (χ1v) is 5.62. The molecule has 1 aliphatic heterocycles. The summed E-state index contributed by atoms with van der Waals surface area (Å²) in [7, 11) is 0. The Balaban J connectivity index is 2.26. The van der Waals surface area contributed by atoms with Crippen LogP contribution in [0.3, 0.4) is 0 Å². The van der Waals surface area contributed by atoms with E-state index in [-0.39, 0.29) is 12.2 Å². The van der Waals surface area contributed by atoms with E-state index in [1.54, 1.807) is 0 Å². The van der Waals surface area contributed by atoms with E-state index in [1.807, 2.05) is 13.8 Å². The molecule has 2 atom stereocenters. The van der Waals surface area contributed by atoms with Gasteiger partial charge in [-0.1, -0.05) is 11.6 Å². The molecule has 2 rings (SSSR count). The van der Waals surface area contributed by atoms with Crippen molar-refractivity contribution in [2.45, 2.75) is 26.1 Å². The van der Waals surface area contributed by atoms with Crippen molar-refractivity contribution in [1.29, 1.82) is 0 Å². The van der Waals surface area contributed by atoms with Crippen LogP contribution in [0.5, 0.6) is 0 Å². The molecular weight excluding hydrogens is 228 g/mol. The summed E-state index contributed by atoms with van der Waals surface area (Å²) in [6.07, 6.45) is 1.76. The van der Waals surface area contributed by atoms with Crippen molar-refractivity contribution < 1.29 is 4.74 Å². The van der Waals surface area contributed by atoms with Gasteiger partial charge in [0.25, 0.3) is 0 Å². The lowest BCUT2D eigenvalue weighted by Crippen LogP contribution is -2.46. The number of anilines is 2. The van der Waals surface area contributed by atoms with Gasteiger partial charge in [0.05, 0.1) is 12.2 Å². The number of nitrogens with zero attached hydrogens (tertiary/aromatic N) is 3. The van der Waals surface area contributed by atoms with Gasteiger partial charge in [-0.3, -0.25) is 0 Å². The van der Waals surface area contributed by atoms with Gasteiger partial charge >= 0.3 is 0 Å². The molecule has 1 fully saturated rings. The van der Waals surface area contributed by atoms with E-state index < -0.39 is 0 Å². The molecule has 5 nitrogen and oxygen atoms in total. The van der Waals surface area contributed by atoms with Gasteiger partial charge < -0.3 is 15.4 Å². The maximum atomic E-state index is 5.87. The topological polar surface area (TPSA) is 64.3 Å². The van der Waals surface area contributed by atoms with Crippen molar-refractivity contribution in [2.24, 2.45) is 0 Å². The molecule has 6 heteroatoms. The number of ether oxygens (including phenoxy) is 1. The second-order valence-corrected chi connectivity index (χ2v) is 4.42. The molecule has 0 amide bonds. The predicted octanol–water partition coefficient (Wildman–Crippen LogP) is 1.33. The standard InChI is InChI=1S/C10H15ClN4O/c1-6-3-15(4-7(2)16-6)10-8(12)9(11)13-5-14-10/h5-7H,3-4,12H2,1-2H3. The molecule has 1 aromatic heterocycles. The average molecular weight is 243 g/mol. The number of morpholine rings is 1. The molecule has 0 saturated carbocycles. The van der Waals surface area contributed by atoms with Gasteiger partial charge in [-0.25, -0.2) is 9.97 Å². The van der Waals surface area contributed by atoms with Crippen LogP contribution in [0.25, 0.3) is 0 Å². The first kappa shape index (κ1) is 11.4. The van der Waals surface area contributed by atoms with Crippen molar-refractivity contribution in [1.82, 2.24) is 9.97 Å². The lowest BCUT2D eigenvalue weighted by Gasteiger charge is -2.36. The second-order valence-electron chi connectivity index (χ2n) is 4.06. The molecule has 0 aliphatic carbocycles. The van der Waals surface area contributed by atoms with Gasteiger partial charge in [0, 0.05) is 13.1 Å². The zero-order valence-corrected chi connectivity index (χ0v) is 10.1. The number of nitrogens with two attached hydrogens (primary N) is 1. The largest absolute Gasteiger partial charge is 0.393 e. The Hall–Kier alpha value is -1.07. The smallest absolute Gasteiger partial charge is 0.157 e. The van der Waals surface area contributed by atoms with Crippen LogP contribution in [0.1, 0.15) is 13.8 Å². The van der Waals surface area contributed by atoms with E-state index in [0.717, 1.165) is 13.1 Å². The number of halogens is 1. The Morgan fingerprint density at radius 2 is 2.00 bits per heavy atom. The van der Waals surface area contributed by atoms with Crippen LogP contribution in [0, 0.1) is 0 Å². The van der Waals surface area contributed by atoms with Crippen LogP contribution < -0.4 is 10.6 Å². The fraction of sp³-hybridized carbons (Fsp3) is 0.600. The normalized spacial score (nSPS) is 25.8. The molecule has 2 N–H and O–H groups in total. The van der Waals surface area contributed by atoms with Crippen LogP contribution in [-0.2, 0) is 4.74 Å². The van der Waals surface area contributed by atoms with Gasteiger partial charge in [-0.2, -0.15) is 0 Å². The zero-order chi connectivity index (χ0) is 11.7. The highest BCUT2D eigenvalue weighted by Crippen LogP contribution is 2.27. The van der Waals surface area contributed by atoms with E-state index in [1.165, 1.54) is 6.33 Å².